The number of nitrogens with zero attached hydrogens (tertiary/aromatic N) is 3. The fraction of sp³-hybridized carbons (Fsp3) is 0.500. The van der Waals surface area contributed by atoms with Crippen LogP contribution in [0.5, 0.6) is 0 Å². The maximum Gasteiger partial charge on any atom is 0.226 e. The molecule has 2 aromatic rings. The predicted molar refractivity (Wildman–Crippen MR) is 125 cm³/mol. The van der Waals surface area contributed by atoms with Crippen molar-refractivity contribution in [1.82, 2.24) is 9.88 Å². The van der Waals surface area contributed by atoms with Crippen molar-refractivity contribution < 1.29 is 19.6 Å². The number of piperidine rings is 1. The van der Waals surface area contributed by atoms with E-state index < -0.39 is 5.97 Å². The number of benzene rings is 1. The van der Waals surface area contributed by atoms with E-state index in [1.165, 1.54) is 0 Å². The molecule has 1 aromatic heterocycles. The topological polar surface area (TPSA) is 81.0 Å². The number of rotatable bonds is 8. The van der Waals surface area contributed by atoms with Crippen molar-refractivity contribution in [2.24, 2.45) is 11.8 Å². The van der Waals surface area contributed by atoms with Crippen LogP contribution in [0.2, 0.25) is 0 Å². The molecule has 2 aliphatic rings. The van der Waals surface area contributed by atoms with Crippen LogP contribution in [0.3, 0.4) is 0 Å². The van der Waals surface area contributed by atoms with Crippen LogP contribution in [0.1, 0.15) is 24.8 Å². The number of carbonyl (C=O) groups is 2. The van der Waals surface area contributed by atoms with E-state index in [4.69, 9.17) is 0 Å². The Morgan fingerprint density at radius 1 is 1.00 bits per heavy atom. The Kier molecular flexibility index (Phi) is 7.94. The van der Waals surface area contributed by atoms with Gasteiger partial charge in [-0.05, 0) is 42.4 Å². The zero-order chi connectivity index (χ0) is 23.0. The van der Waals surface area contributed by atoms with Crippen LogP contribution in [0.4, 0.5) is 5.82 Å². The first-order valence-electron chi connectivity index (χ1n) is 12.1. The van der Waals surface area contributed by atoms with Crippen LogP contribution in [-0.4, -0.2) is 67.6 Å². The third-order valence-electron chi connectivity index (χ3n) is 7.18. The summed E-state index contributed by atoms with van der Waals surface area (Å²) in [5.74, 6) is 0.480. The summed E-state index contributed by atoms with van der Waals surface area (Å²) < 4.78 is 0. The molecule has 2 aliphatic heterocycles. The molecule has 0 spiro atoms. The lowest BCUT2D eigenvalue weighted by atomic mass is 9.81. The first-order valence-corrected chi connectivity index (χ1v) is 12.1. The molecule has 0 aliphatic carbocycles. The van der Waals surface area contributed by atoms with Crippen LogP contribution in [0.25, 0.3) is 0 Å². The van der Waals surface area contributed by atoms with E-state index in [9.17, 15) is 14.7 Å². The first-order chi connectivity index (χ1) is 16.1. The monoisotopic (exact) mass is 450 g/mol. The van der Waals surface area contributed by atoms with Crippen molar-refractivity contribution in [1.29, 1.82) is 0 Å². The van der Waals surface area contributed by atoms with Gasteiger partial charge in [0, 0.05) is 31.7 Å². The van der Waals surface area contributed by atoms with Gasteiger partial charge in [0.25, 0.3) is 0 Å². The molecule has 1 amide bonds. The Morgan fingerprint density at radius 3 is 2.45 bits per heavy atom. The third-order valence-corrected chi connectivity index (χ3v) is 7.18. The summed E-state index contributed by atoms with van der Waals surface area (Å²) in [7, 11) is 0. The summed E-state index contributed by atoms with van der Waals surface area (Å²) >= 11 is 0. The molecule has 7 nitrogen and oxygen atoms in total. The van der Waals surface area contributed by atoms with Gasteiger partial charge in [-0.3, -0.25) is 4.79 Å². The quantitative estimate of drug-likeness (QED) is 0.614. The van der Waals surface area contributed by atoms with Gasteiger partial charge in [0.15, 0.2) is 0 Å². The second kappa shape index (κ2) is 11.3. The minimum Gasteiger partial charge on any atom is -0.550 e. The Bertz CT molecular complexity index is 900. The molecule has 7 heteroatoms. The number of hydrogen-bond acceptors (Lipinski definition) is 5. The van der Waals surface area contributed by atoms with Crippen molar-refractivity contribution in [2.45, 2.75) is 25.7 Å². The minimum absolute atomic E-state index is 0.0879. The van der Waals surface area contributed by atoms with Crippen molar-refractivity contribution in [3.8, 4) is 0 Å². The molecular formula is C26H34N4O3. The van der Waals surface area contributed by atoms with Crippen molar-refractivity contribution >= 4 is 17.7 Å². The molecule has 0 saturated carbocycles. The lowest BCUT2D eigenvalue weighted by molar-refractivity contribution is -0.901. The van der Waals surface area contributed by atoms with Gasteiger partial charge in [-0.15, -0.1) is 0 Å². The fourth-order valence-corrected chi connectivity index (χ4v) is 5.23. The fourth-order valence-electron chi connectivity index (χ4n) is 5.23. The number of carboxylic acid groups (broad SMARTS) is 1. The normalized spacial score (nSPS) is 21.7. The lowest BCUT2D eigenvalue weighted by Crippen LogP contribution is -3.15. The van der Waals surface area contributed by atoms with E-state index >= 15 is 0 Å². The van der Waals surface area contributed by atoms with Crippen molar-refractivity contribution in [2.75, 3.05) is 50.7 Å². The zero-order valence-corrected chi connectivity index (χ0v) is 19.2. The molecule has 4 rings (SSSR count). The number of carbonyl (C=O) groups excluding carboxylic acids is 2. The summed E-state index contributed by atoms with van der Waals surface area (Å²) in [4.78, 5) is 34.5. The maximum absolute atomic E-state index is 12.9. The molecule has 2 fully saturated rings. The Hall–Kier alpha value is -2.93. The predicted octanol–water partition coefficient (Wildman–Crippen LogP) is 0.0240. The lowest BCUT2D eigenvalue weighted by Gasteiger charge is -2.40. The number of anilines is 1. The highest BCUT2D eigenvalue weighted by atomic mass is 16.4. The number of aromatic nitrogens is 1. The summed E-state index contributed by atoms with van der Waals surface area (Å²) in [6, 6.07) is 15.8. The van der Waals surface area contributed by atoms with E-state index in [2.05, 4.69) is 16.0 Å². The van der Waals surface area contributed by atoms with E-state index in [1.54, 1.807) is 4.90 Å². The Morgan fingerprint density at radius 2 is 1.76 bits per heavy atom. The number of aliphatic carboxylic acids is 1. The van der Waals surface area contributed by atoms with Gasteiger partial charge in [0.05, 0.1) is 39.1 Å². The number of nitrogens with one attached hydrogen (secondary N) is 1. The molecule has 3 heterocycles. The summed E-state index contributed by atoms with van der Waals surface area (Å²) in [6.07, 6.45) is 4.00. The smallest absolute Gasteiger partial charge is 0.226 e. The molecule has 1 aromatic carbocycles. The minimum atomic E-state index is -0.981. The number of hydrogen-bond donors (Lipinski definition) is 1. The summed E-state index contributed by atoms with van der Waals surface area (Å²) in [6.45, 7) is 6.33. The van der Waals surface area contributed by atoms with E-state index in [-0.39, 0.29) is 24.2 Å². The van der Waals surface area contributed by atoms with Crippen LogP contribution in [0, 0.1) is 11.8 Å². The van der Waals surface area contributed by atoms with Crippen LogP contribution in [-0.2, 0) is 16.0 Å². The van der Waals surface area contributed by atoms with E-state index in [0.717, 1.165) is 56.9 Å². The number of pyridine rings is 1. The second-order valence-electron chi connectivity index (χ2n) is 9.35. The number of quaternary nitrogens is 1. The molecule has 0 unspecified atom stereocenters. The average Bonchev–Trinajstić information content (AvgIpc) is 2.84. The van der Waals surface area contributed by atoms with Gasteiger partial charge in [-0.1, -0.05) is 36.4 Å². The molecule has 1 N–H and O–H groups in total. The Labute approximate surface area is 196 Å². The molecule has 0 radical (unpaired) electrons. The second-order valence-corrected chi connectivity index (χ2v) is 9.35. The highest BCUT2D eigenvalue weighted by molar-refractivity contribution is 5.79. The standard InChI is InChI=1S/C26H34N4O3/c31-25(18-21-6-2-1-3-7-21)30-13-10-22(19-26(32)33)23(20-30)9-12-28-14-16-29(17-15-28)24-8-4-5-11-27-24/h1-8,11,22-23H,9-10,12-20H2,(H,32,33)/t22-,23-/m0/s1. The van der Waals surface area contributed by atoms with Crippen molar-refractivity contribution in [3.63, 3.8) is 0 Å². The molecular weight excluding hydrogens is 416 g/mol. The number of likely N-dealkylation sites (tertiary alicyclic amines) is 1. The summed E-state index contributed by atoms with van der Waals surface area (Å²) in [5, 5.41) is 11.3. The zero-order valence-electron chi connectivity index (χ0n) is 19.2. The van der Waals surface area contributed by atoms with Gasteiger partial charge >= 0.3 is 0 Å². The highest BCUT2D eigenvalue weighted by Gasteiger charge is 2.32. The van der Waals surface area contributed by atoms with Crippen LogP contribution in [0.15, 0.2) is 54.7 Å². The van der Waals surface area contributed by atoms with Gasteiger partial charge in [0.1, 0.15) is 5.82 Å². The molecule has 0 bridgehead atoms. The molecule has 176 valence electrons. The molecule has 33 heavy (non-hydrogen) atoms. The van der Waals surface area contributed by atoms with E-state index in [0.29, 0.717) is 19.5 Å². The first kappa shape index (κ1) is 23.2. The SMILES string of the molecule is O=C([O-])C[C@@H]1CCN(C(=O)Cc2ccccc2)C[C@@H]1CC[NH+]1CCN(c2ccccn2)CC1. The third kappa shape index (κ3) is 6.54. The molecule has 2 atom stereocenters. The van der Waals surface area contributed by atoms with Gasteiger partial charge < -0.3 is 24.6 Å². The van der Waals surface area contributed by atoms with Crippen LogP contribution >= 0.6 is 0 Å². The Balaban J connectivity index is 1.30. The van der Waals surface area contributed by atoms with Gasteiger partial charge in [-0.25, -0.2) is 4.98 Å². The summed E-state index contributed by atoms with van der Waals surface area (Å²) in [5.41, 5.74) is 1.02. The van der Waals surface area contributed by atoms with E-state index in [1.807, 2.05) is 53.6 Å². The molecule has 2 saturated heterocycles. The van der Waals surface area contributed by atoms with Gasteiger partial charge in [0.2, 0.25) is 5.91 Å². The highest BCUT2D eigenvalue weighted by Crippen LogP contribution is 2.29. The number of piperazine rings is 1. The van der Waals surface area contributed by atoms with Crippen molar-refractivity contribution in [3.05, 3.63) is 60.3 Å². The maximum atomic E-state index is 12.9. The average molecular weight is 451 g/mol. The largest absolute Gasteiger partial charge is 0.550 e. The number of carboxylic acids is 1. The number of amides is 1. The van der Waals surface area contributed by atoms with Crippen LogP contribution < -0.4 is 14.9 Å². The van der Waals surface area contributed by atoms with Gasteiger partial charge in [-0.2, -0.15) is 0 Å².